The SMILES string of the molecule is COCCN(Cc1cc(C(=O)NN)oc1C)C1CC1. The number of hydrogen-bond acceptors (Lipinski definition) is 5. The van der Waals surface area contributed by atoms with E-state index in [1.165, 1.54) is 12.8 Å². The van der Waals surface area contributed by atoms with Gasteiger partial charge in [0, 0.05) is 31.8 Å². The predicted molar refractivity (Wildman–Crippen MR) is 70.4 cm³/mol. The minimum atomic E-state index is -0.399. The summed E-state index contributed by atoms with van der Waals surface area (Å²) in [6.45, 7) is 4.25. The Bertz CT molecular complexity index is 440. The van der Waals surface area contributed by atoms with E-state index in [1.807, 2.05) is 6.92 Å². The second kappa shape index (κ2) is 6.18. The predicted octanol–water partition coefficient (Wildman–Crippen LogP) is 0.802. The average Bonchev–Trinajstić information content (AvgIpc) is 3.19. The number of nitrogens with two attached hydrogens (primary N) is 1. The number of amides is 1. The number of nitrogens with one attached hydrogen (secondary N) is 1. The Morgan fingerprint density at radius 2 is 2.37 bits per heavy atom. The molecule has 0 bridgehead atoms. The van der Waals surface area contributed by atoms with Crippen molar-refractivity contribution < 1.29 is 13.9 Å². The lowest BCUT2D eigenvalue weighted by Gasteiger charge is -2.20. The zero-order chi connectivity index (χ0) is 13.8. The highest BCUT2D eigenvalue weighted by molar-refractivity contribution is 5.91. The molecular weight excluding hydrogens is 246 g/mol. The molecule has 106 valence electrons. The summed E-state index contributed by atoms with van der Waals surface area (Å²) in [5, 5.41) is 0. The number of furan rings is 1. The van der Waals surface area contributed by atoms with Gasteiger partial charge in [-0.2, -0.15) is 0 Å². The summed E-state index contributed by atoms with van der Waals surface area (Å²) < 4.78 is 10.6. The fourth-order valence-electron chi connectivity index (χ4n) is 2.12. The second-order valence-electron chi connectivity index (χ2n) is 4.86. The van der Waals surface area contributed by atoms with Crippen LogP contribution in [0.2, 0.25) is 0 Å². The first-order chi connectivity index (χ1) is 9.15. The van der Waals surface area contributed by atoms with E-state index in [4.69, 9.17) is 15.0 Å². The maximum atomic E-state index is 11.4. The molecule has 0 aromatic carbocycles. The highest BCUT2D eigenvalue weighted by Crippen LogP contribution is 2.29. The molecule has 1 heterocycles. The van der Waals surface area contributed by atoms with E-state index < -0.39 is 5.91 Å². The summed E-state index contributed by atoms with van der Waals surface area (Å²) in [7, 11) is 1.71. The van der Waals surface area contributed by atoms with Crippen molar-refractivity contribution in [2.24, 2.45) is 5.84 Å². The third kappa shape index (κ3) is 3.56. The summed E-state index contributed by atoms with van der Waals surface area (Å²) in [4.78, 5) is 13.8. The Labute approximate surface area is 112 Å². The van der Waals surface area contributed by atoms with Crippen molar-refractivity contribution in [1.82, 2.24) is 10.3 Å². The normalized spacial score (nSPS) is 14.9. The monoisotopic (exact) mass is 267 g/mol. The molecule has 0 aliphatic heterocycles. The van der Waals surface area contributed by atoms with Gasteiger partial charge in [0.15, 0.2) is 5.76 Å². The van der Waals surface area contributed by atoms with Crippen molar-refractivity contribution in [1.29, 1.82) is 0 Å². The van der Waals surface area contributed by atoms with Crippen LogP contribution in [-0.2, 0) is 11.3 Å². The van der Waals surface area contributed by atoms with Gasteiger partial charge >= 0.3 is 5.91 Å². The number of ether oxygens (including phenoxy) is 1. The topological polar surface area (TPSA) is 80.7 Å². The minimum Gasteiger partial charge on any atom is -0.456 e. The molecule has 19 heavy (non-hydrogen) atoms. The molecule has 6 nitrogen and oxygen atoms in total. The maximum Gasteiger partial charge on any atom is 0.300 e. The number of hydrazine groups is 1. The fraction of sp³-hybridized carbons (Fsp3) is 0.615. The van der Waals surface area contributed by atoms with Crippen LogP contribution in [0.5, 0.6) is 0 Å². The number of nitrogens with zero attached hydrogens (tertiary/aromatic N) is 1. The molecule has 0 radical (unpaired) electrons. The zero-order valence-corrected chi connectivity index (χ0v) is 11.4. The van der Waals surface area contributed by atoms with E-state index in [-0.39, 0.29) is 5.76 Å². The van der Waals surface area contributed by atoms with E-state index in [0.29, 0.717) is 12.6 Å². The van der Waals surface area contributed by atoms with Crippen LogP contribution >= 0.6 is 0 Å². The second-order valence-corrected chi connectivity index (χ2v) is 4.86. The van der Waals surface area contributed by atoms with Crippen molar-refractivity contribution >= 4 is 5.91 Å². The standard InChI is InChI=1S/C13H21N3O3/c1-9-10(7-12(19-9)13(17)15-14)8-16(5-6-18-2)11-3-4-11/h7,11H,3-6,8,14H2,1-2H3,(H,15,17). The first-order valence-corrected chi connectivity index (χ1v) is 6.49. The molecule has 1 aliphatic carbocycles. The smallest absolute Gasteiger partial charge is 0.300 e. The first kappa shape index (κ1) is 14.0. The Morgan fingerprint density at radius 1 is 1.63 bits per heavy atom. The molecule has 1 saturated carbocycles. The third-order valence-electron chi connectivity index (χ3n) is 3.39. The lowest BCUT2D eigenvalue weighted by atomic mass is 10.2. The van der Waals surface area contributed by atoms with Crippen LogP contribution in [0, 0.1) is 6.92 Å². The van der Waals surface area contributed by atoms with E-state index in [9.17, 15) is 4.79 Å². The quantitative estimate of drug-likeness (QED) is 0.434. The highest BCUT2D eigenvalue weighted by atomic mass is 16.5. The van der Waals surface area contributed by atoms with Gasteiger partial charge in [0.25, 0.3) is 0 Å². The lowest BCUT2D eigenvalue weighted by molar-refractivity contribution is 0.0924. The Morgan fingerprint density at radius 3 is 2.95 bits per heavy atom. The van der Waals surface area contributed by atoms with Crippen molar-refractivity contribution in [2.45, 2.75) is 32.4 Å². The van der Waals surface area contributed by atoms with Gasteiger partial charge in [0.1, 0.15) is 5.76 Å². The minimum absolute atomic E-state index is 0.262. The van der Waals surface area contributed by atoms with Crippen LogP contribution < -0.4 is 11.3 Å². The number of hydrogen-bond donors (Lipinski definition) is 2. The van der Waals surface area contributed by atoms with Crippen molar-refractivity contribution in [3.8, 4) is 0 Å². The molecule has 1 amide bonds. The van der Waals surface area contributed by atoms with Crippen molar-refractivity contribution in [3.05, 3.63) is 23.2 Å². The van der Waals surface area contributed by atoms with Gasteiger partial charge in [0.05, 0.1) is 6.61 Å². The third-order valence-corrected chi connectivity index (χ3v) is 3.39. The molecule has 1 fully saturated rings. The number of nitrogen functional groups attached to an aromatic ring is 1. The molecule has 3 N–H and O–H groups in total. The van der Waals surface area contributed by atoms with E-state index in [2.05, 4.69) is 10.3 Å². The molecule has 1 aromatic heterocycles. The highest BCUT2D eigenvalue weighted by Gasteiger charge is 2.29. The summed E-state index contributed by atoms with van der Waals surface area (Å²) in [6, 6.07) is 2.40. The number of aryl methyl sites for hydroxylation is 1. The van der Waals surface area contributed by atoms with Crippen LogP contribution in [0.25, 0.3) is 0 Å². The van der Waals surface area contributed by atoms with Gasteiger partial charge in [-0.25, -0.2) is 5.84 Å². The number of methoxy groups -OCH3 is 1. The molecule has 0 saturated heterocycles. The van der Waals surface area contributed by atoms with Gasteiger partial charge < -0.3 is 9.15 Å². The lowest BCUT2D eigenvalue weighted by Crippen LogP contribution is -2.30. The Balaban J connectivity index is 2.03. The summed E-state index contributed by atoms with van der Waals surface area (Å²) in [5.41, 5.74) is 3.11. The van der Waals surface area contributed by atoms with Crippen LogP contribution in [0.15, 0.2) is 10.5 Å². The van der Waals surface area contributed by atoms with E-state index in [1.54, 1.807) is 13.2 Å². The van der Waals surface area contributed by atoms with Crippen LogP contribution in [0.4, 0.5) is 0 Å². The van der Waals surface area contributed by atoms with Gasteiger partial charge in [-0.15, -0.1) is 0 Å². The van der Waals surface area contributed by atoms with Gasteiger partial charge in [-0.3, -0.25) is 15.1 Å². The van der Waals surface area contributed by atoms with Crippen LogP contribution in [0.1, 0.15) is 34.7 Å². The molecule has 1 aliphatic rings. The van der Waals surface area contributed by atoms with E-state index >= 15 is 0 Å². The van der Waals surface area contributed by atoms with Gasteiger partial charge in [0.2, 0.25) is 0 Å². The van der Waals surface area contributed by atoms with Crippen LogP contribution in [-0.4, -0.2) is 37.1 Å². The van der Waals surface area contributed by atoms with Crippen molar-refractivity contribution in [3.63, 3.8) is 0 Å². The Kier molecular flexibility index (Phi) is 4.57. The summed E-state index contributed by atoms with van der Waals surface area (Å²) in [6.07, 6.45) is 2.47. The Hall–Kier alpha value is -1.37. The number of rotatable bonds is 7. The molecule has 6 heteroatoms. The van der Waals surface area contributed by atoms with Gasteiger partial charge in [-0.1, -0.05) is 0 Å². The molecule has 0 spiro atoms. The molecule has 0 unspecified atom stereocenters. The largest absolute Gasteiger partial charge is 0.456 e. The van der Waals surface area contributed by atoms with Crippen molar-refractivity contribution in [2.75, 3.05) is 20.3 Å². The van der Waals surface area contributed by atoms with E-state index in [0.717, 1.165) is 24.4 Å². The molecule has 0 atom stereocenters. The summed E-state index contributed by atoms with van der Waals surface area (Å²) in [5.74, 6) is 5.73. The molecule has 2 rings (SSSR count). The number of carbonyl (C=O) groups is 1. The molecule has 1 aromatic rings. The molecular formula is C13H21N3O3. The number of carbonyl (C=O) groups excluding carboxylic acids is 1. The fourth-order valence-corrected chi connectivity index (χ4v) is 2.12. The van der Waals surface area contributed by atoms with Gasteiger partial charge in [-0.05, 0) is 25.8 Å². The zero-order valence-electron chi connectivity index (χ0n) is 11.4. The van der Waals surface area contributed by atoms with Crippen LogP contribution in [0.3, 0.4) is 0 Å². The maximum absolute atomic E-state index is 11.4. The first-order valence-electron chi connectivity index (χ1n) is 6.49. The summed E-state index contributed by atoms with van der Waals surface area (Å²) >= 11 is 0. The average molecular weight is 267 g/mol.